The van der Waals surface area contributed by atoms with Crippen molar-refractivity contribution in [3.05, 3.63) is 4.91 Å². The van der Waals surface area contributed by atoms with Crippen molar-refractivity contribution in [3.63, 3.8) is 0 Å². The fourth-order valence-corrected chi connectivity index (χ4v) is 1.52. The fourth-order valence-electron chi connectivity index (χ4n) is 1.22. The van der Waals surface area contributed by atoms with Gasteiger partial charge in [0.1, 0.15) is 0 Å². The highest BCUT2D eigenvalue weighted by Crippen LogP contribution is 2.20. The van der Waals surface area contributed by atoms with Crippen LogP contribution in [0.25, 0.3) is 0 Å². The molecular formula is C6H8N2O3S. The monoisotopic (exact) mass is 188 g/mol. The van der Waals surface area contributed by atoms with E-state index in [-0.39, 0.29) is 5.92 Å². The lowest BCUT2D eigenvalue weighted by atomic mass is 10.1. The molecule has 6 heteroatoms. The zero-order valence-corrected chi connectivity index (χ0v) is 7.24. The molecule has 0 aromatic rings. The van der Waals surface area contributed by atoms with E-state index in [9.17, 15) is 9.70 Å². The number of rotatable bonds is 2. The molecule has 0 radical (unpaired) electrons. The number of carbonyl (C=O) groups is 1. The summed E-state index contributed by atoms with van der Waals surface area (Å²) in [6, 6.07) is -1.01. The lowest BCUT2D eigenvalue weighted by molar-refractivity contribution is -0.140. The number of nitroso groups, excluding NO2 is 1. The molecule has 0 amide bonds. The number of thiocarbonyl (C=S) groups is 1. The zero-order chi connectivity index (χ0) is 9.30. The minimum absolute atomic E-state index is 0.0567. The van der Waals surface area contributed by atoms with Crippen LogP contribution in [-0.2, 0) is 4.79 Å². The first-order chi connectivity index (χ1) is 5.57. The number of aliphatic carboxylic acids is 1. The van der Waals surface area contributed by atoms with Crippen molar-refractivity contribution in [2.24, 2.45) is 11.2 Å². The Hall–Kier alpha value is -1.04. The van der Waals surface area contributed by atoms with Gasteiger partial charge in [-0.05, 0) is 0 Å². The largest absolute Gasteiger partial charge is 0.479 e. The van der Waals surface area contributed by atoms with E-state index in [1.165, 1.54) is 0 Å². The summed E-state index contributed by atoms with van der Waals surface area (Å²) < 4.78 is 0. The van der Waals surface area contributed by atoms with E-state index >= 15 is 0 Å². The average Bonchev–Trinajstić information content (AvgIpc) is 2.28. The van der Waals surface area contributed by atoms with Gasteiger partial charge in [0, 0.05) is 17.3 Å². The second kappa shape index (κ2) is 3.14. The maximum absolute atomic E-state index is 10.6. The van der Waals surface area contributed by atoms with E-state index in [0.29, 0.717) is 11.4 Å². The highest BCUT2D eigenvalue weighted by molar-refractivity contribution is 7.80. The summed E-state index contributed by atoms with van der Waals surface area (Å²) in [6.45, 7) is 2.09. The molecule has 12 heavy (non-hydrogen) atoms. The Morgan fingerprint density at radius 2 is 2.42 bits per heavy atom. The lowest BCUT2D eigenvalue weighted by Gasteiger charge is -2.11. The summed E-state index contributed by atoms with van der Waals surface area (Å²) >= 11 is 4.86. The van der Waals surface area contributed by atoms with Crippen LogP contribution in [0.4, 0.5) is 0 Å². The summed E-state index contributed by atoms with van der Waals surface area (Å²) in [5.41, 5.74) is 0. The predicted molar refractivity (Wildman–Crippen MR) is 45.7 cm³/mol. The van der Waals surface area contributed by atoms with Crippen LogP contribution in [0.2, 0.25) is 0 Å². The molecule has 0 saturated carbocycles. The molecule has 1 aliphatic heterocycles. The van der Waals surface area contributed by atoms with Gasteiger partial charge >= 0.3 is 5.97 Å². The van der Waals surface area contributed by atoms with E-state index < -0.39 is 12.0 Å². The van der Waals surface area contributed by atoms with Gasteiger partial charge in [0.05, 0.1) is 5.29 Å². The second-order valence-electron chi connectivity index (χ2n) is 2.75. The number of hydrogen-bond donors (Lipinski definition) is 1. The van der Waals surface area contributed by atoms with Crippen molar-refractivity contribution in [2.45, 2.75) is 13.0 Å². The Morgan fingerprint density at radius 3 is 2.75 bits per heavy atom. The maximum atomic E-state index is 10.6. The minimum atomic E-state index is -1.11. The molecular weight excluding hydrogens is 180 g/mol. The first-order valence-electron chi connectivity index (χ1n) is 3.44. The Labute approximate surface area is 74.3 Å². The molecule has 66 valence electrons. The van der Waals surface area contributed by atoms with Crippen LogP contribution in [-0.4, -0.2) is 33.5 Å². The summed E-state index contributed by atoms with van der Waals surface area (Å²) in [5.74, 6) is -1.16. The highest BCUT2D eigenvalue weighted by atomic mass is 32.1. The van der Waals surface area contributed by atoms with Crippen LogP contribution in [0.1, 0.15) is 6.92 Å². The van der Waals surface area contributed by atoms with Crippen LogP contribution in [0.5, 0.6) is 0 Å². The smallest absolute Gasteiger partial charge is 0.333 e. The van der Waals surface area contributed by atoms with Crippen LogP contribution in [0.3, 0.4) is 0 Å². The number of carboxylic acids is 1. The molecule has 1 heterocycles. The zero-order valence-electron chi connectivity index (χ0n) is 6.43. The second-order valence-corrected chi connectivity index (χ2v) is 3.22. The molecule has 5 nitrogen and oxygen atoms in total. The van der Waals surface area contributed by atoms with Crippen molar-refractivity contribution in [1.82, 2.24) is 5.01 Å². The van der Waals surface area contributed by atoms with E-state index in [1.54, 1.807) is 6.92 Å². The number of hydrogen-bond acceptors (Lipinski definition) is 4. The van der Waals surface area contributed by atoms with Gasteiger partial charge in [-0.1, -0.05) is 19.1 Å². The van der Waals surface area contributed by atoms with E-state index in [0.717, 1.165) is 5.01 Å². The van der Waals surface area contributed by atoms with Crippen molar-refractivity contribution >= 4 is 23.1 Å². The van der Waals surface area contributed by atoms with Gasteiger partial charge in [-0.2, -0.15) is 0 Å². The molecule has 1 unspecified atom stereocenters. The summed E-state index contributed by atoms with van der Waals surface area (Å²) in [5, 5.41) is 12.2. The summed E-state index contributed by atoms with van der Waals surface area (Å²) in [6.07, 6.45) is 0. The number of nitrogens with zero attached hydrogens (tertiary/aromatic N) is 2. The van der Waals surface area contributed by atoms with Gasteiger partial charge in [0.2, 0.25) is 0 Å². The molecule has 0 bridgehead atoms. The SMILES string of the molecule is CC1CN(N=O)[C@H](C(=O)O)C1=S. The molecule has 1 N–H and O–H groups in total. The topological polar surface area (TPSA) is 70.0 Å². The molecule has 1 fully saturated rings. The van der Waals surface area contributed by atoms with Crippen LogP contribution < -0.4 is 0 Å². The van der Waals surface area contributed by atoms with Gasteiger partial charge in [0.25, 0.3) is 0 Å². The number of carboxylic acid groups (broad SMARTS) is 1. The first kappa shape index (κ1) is 9.05. The molecule has 1 rings (SSSR count). The third-order valence-electron chi connectivity index (χ3n) is 1.85. The Balaban J connectivity index is 2.87. The third kappa shape index (κ3) is 1.29. The van der Waals surface area contributed by atoms with Crippen LogP contribution >= 0.6 is 12.2 Å². The lowest BCUT2D eigenvalue weighted by Crippen LogP contribution is -2.35. The van der Waals surface area contributed by atoms with Gasteiger partial charge in [-0.3, -0.25) is 0 Å². The van der Waals surface area contributed by atoms with Crippen molar-refractivity contribution < 1.29 is 9.90 Å². The van der Waals surface area contributed by atoms with Crippen LogP contribution in [0, 0.1) is 10.8 Å². The highest BCUT2D eigenvalue weighted by Gasteiger charge is 2.40. The Kier molecular flexibility index (Phi) is 2.37. The van der Waals surface area contributed by atoms with Crippen LogP contribution in [0.15, 0.2) is 5.29 Å². The normalized spacial score (nSPS) is 29.1. The van der Waals surface area contributed by atoms with Crippen molar-refractivity contribution in [3.8, 4) is 0 Å². The standard InChI is InChI=1S/C6H8N2O3S/c1-3-2-8(7-11)4(5(3)12)6(9)10/h3-4H,2H2,1H3,(H,9,10)/t3?,4-/m0/s1. The summed E-state index contributed by atoms with van der Waals surface area (Å²) in [7, 11) is 0. The molecule has 1 saturated heterocycles. The quantitative estimate of drug-likeness (QED) is 0.503. The van der Waals surface area contributed by atoms with Gasteiger partial charge in [-0.15, -0.1) is 4.91 Å². The Morgan fingerprint density at radius 1 is 1.83 bits per heavy atom. The summed E-state index contributed by atoms with van der Waals surface area (Å²) in [4.78, 5) is 21.1. The van der Waals surface area contributed by atoms with E-state index in [4.69, 9.17) is 17.3 Å². The third-order valence-corrected chi connectivity index (χ3v) is 2.48. The Bertz CT molecular complexity index is 243. The predicted octanol–water partition coefficient (Wildman–Crippen LogP) is 0.443. The van der Waals surface area contributed by atoms with Gasteiger partial charge in [0.15, 0.2) is 6.04 Å². The average molecular weight is 188 g/mol. The van der Waals surface area contributed by atoms with E-state index in [2.05, 4.69) is 5.29 Å². The maximum Gasteiger partial charge on any atom is 0.333 e. The van der Waals surface area contributed by atoms with Gasteiger partial charge in [-0.25, -0.2) is 9.80 Å². The van der Waals surface area contributed by atoms with Gasteiger partial charge < -0.3 is 5.11 Å². The van der Waals surface area contributed by atoms with Crippen molar-refractivity contribution in [2.75, 3.05) is 6.54 Å². The first-order valence-corrected chi connectivity index (χ1v) is 3.85. The van der Waals surface area contributed by atoms with Crippen molar-refractivity contribution in [1.29, 1.82) is 0 Å². The van der Waals surface area contributed by atoms with E-state index in [1.807, 2.05) is 0 Å². The molecule has 0 aliphatic carbocycles. The minimum Gasteiger partial charge on any atom is -0.479 e. The molecule has 1 aliphatic rings. The molecule has 2 atom stereocenters. The fraction of sp³-hybridized carbons (Fsp3) is 0.667. The molecule has 0 aromatic carbocycles. The molecule has 0 aromatic heterocycles. The molecule has 0 spiro atoms.